The topological polar surface area (TPSA) is 41.8 Å². The Labute approximate surface area is 48.0 Å². The molecule has 1 N–H and O–H groups in total. The van der Waals surface area contributed by atoms with Crippen molar-refractivity contribution in [1.29, 1.82) is 0 Å². The molecule has 0 aromatic carbocycles. The molecule has 1 unspecified atom stereocenters. The first kappa shape index (κ1) is 5.56. The second kappa shape index (κ2) is 2.13. The van der Waals surface area contributed by atoms with Gasteiger partial charge in [-0.05, 0) is 0 Å². The molecule has 0 saturated carbocycles. The Kier molecular flexibility index (Phi) is 1.48. The van der Waals surface area contributed by atoms with Gasteiger partial charge in [-0.15, -0.1) is 0 Å². The van der Waals surface area contributed by atoms with Crippen LogP contribution < -0.4 is 0 Å². The van der Waals surface area contributed by atoms with Gasteiger partial charge in [-0.2, -0.15) is 0 Å². The summed E-state index contributed by atoms with van der Waals surface area (Å²) in [5.41, 5.74) is 0. The second-order valence-electron chi connectivity index (χ2n) is 1.80. The van der Waals surface area contributed by atoms with Crippen LogP contribution in [0.4, 0.5) is 0 Å². The van der Waals surface area contributed by atoms with Crippen LogP contribution in [0.2, 0.25) is 0 Å². The summed E-state index contributed by atoms with van der Waals surface area (Å²) in [6.45, 7) is 2.43. The lowest BCUT2D eigenvalue weighted by Gasteiger charge is -1.95. The molecule has 1 aliphatic rings. The standard InChI is InChI=1S/C5H9NO2/c1-4-6-5(2-7)3-8-4/h5,7H,2-3H2,1H3. The zero-order chi connectivity index (χ0) is 5.98. The molecule has 1 rings (SSSR count). The lowest BCUT2D eigenvalue weighted by atomic mass is 10.4. The van der Waals surface area contributed by atoms with Crippen LogP contribution in [0.5, 0.6) is 0 Å². The minimum atomic E-state index is -0.00463. The highest BCUT2D eigenvalue weighted by molar-refractivity contribution is 5.74. The summed E-state index contributed by atoms with van der Waals surface area (Å²) in [6, 6.07) is -0.00463. The van der Waals surface area contributed by atoms with Crippen molar-refractivity contribution in [3.05, 3.63) is 0 Å². The van der Waals surface area contributed by atoms with Gasteiger partial charge in [0.2, 0.25) is 0 Å². The van der Waals surface area contributed by atoms with E-state index in [1.807, 2.05) is 0 Å². The third kappa shape index (κ3) is 0.980. The third-order valence-corrected chi connectivity index (χ3v) is 1.06. The summed E-state index contributed by atoms with van der Waals surface area (Å²) < 4.78 is 4.95. The van der Waals surface area contributed by atoms with E-state index in [-0.39, 0.29) is 12.6 Å². The summed E-state index contributed by atoms with van der Waals surface area (Å²) in [4.78, 5) is 3.95. The molecule has 1 heterocycles. The Bertz CT molecular complexity index is 111. The van der Waals surface area contributed by atoms with E-state index in [2.05, 4.69) is 4.99 Å². The maximum Gasteiger partial charge on any atom is 0.180 e. The van der Waals surface area contributed by atoms with Crippen molar-refractivity contribution >= 4 is 5.90 Å². The smallest absolute Gasteiger partial charge is 0.180 e. The van der Waals surface area contributed by atoms with E-state index in [1.165, 1.54) is 0 Å². The number of hydrogen-bond donors (Lipinski definition) is 1. The molecule has 3 heteroatoms. The van der Waals surface area contributed by atoms with Crippen molar-refractivity contribution in [3.8, 4) is 0 Å². The number of nitrogens with zero attached hydrogens (tertiary/aromatic N) is 1. The highest BCUT2D eigenvalue weighted by atomic mass is 16.5. The quantitative estimate of drug-likeness (QED) is 0.514. The zero-order valence-electron chi connectivity index (χ0n) is 4.79. The van der Waals surface area contributed by atoms with Crippen molar-refractivity contribution in [2.45, 2.75) is 13.0 Å². The number of aliphatic hydroxyl groups is 1. The summed E-state index contributed by atoms with van der Waals surface area (Å²) in [5, 5.41) is 8.50. The minimum absolute atomic E-state index is 0.00463. The van der Waals surface area contributed by atoms with E-state index in [9.17, 15) is 0 Å². The van der Waals surface area contributed by atoms with Gasteiger partial charge >= 0.3 is 0 Å². The van der Waals surface area contributed by atoms with Gasteiger partial charge in [0.25, 0.3) is 0 Å². The first-order chi connectivity index (χ1) is 3.83. The molecule has 8 heavy (non-hydrogen) atoms. The molecule has 0 aromatic heterocycles. The fraction of sp³-hybridized carbons (Fsp3) is 0.800. The molecular weight excluding hydrogens is 106 g/mol. The van der Waals surface area contributed by atoms with Crippen molar-refractivity contribution in [2.24, 2.45) is 4.99 Å². The summed E-state index contributed by atoms with van der Waals surface area (Å²) >= 11 is 0. The van der Waals surface area contributed by atoms with Crippen LogP contribution in [0.25, 0.3) is 0 Å². The van der Waals surface area contributed by atoms with Gasteiger partial charge in [0.15, 0.2) is 5.90 Å². The Balaban J connectivity index is 2.41. The maximum absolute atomic E-state index is 8.50. The van der Waals surface area contributed by atoms with Crippen LogP contribution in [0.3, 0.4) is 0 Å². The second-order valence-corrected chi connectivity index (χ2v) is 1.80. The molecule has 46 valence electrons. The van der Waals surface area contributed by atoms with Crippen LogP contribution in [-0.2, 0) is 4.74 Å². The molecule has 0 radical (unpaired) electrons. The van der Waals surface area contributed by atoms with Gasteiger partial charge in [-0.25, -0.2) is 4.99 Å². The summed E-state index contributed by atoms with van der Waals surface area (Å²) in [7, 11) is 0. The molecule has 0 spiro atoms. The summed E-state index contributed by atoms with van der Waals surface area (Å²) in [5.74, 6) is 0.684. The Morgan fingerprint density at radius 2 is 2.75 bits per heavy atom. The monoisotopic (exact) mass is 115 g/mol. The summed E-state index contributed by atoms with van der Waals surface area (Å²) in [6.07, 6.45) is 0. The molecule has 3 nitrogen and oxygen atoms in total. The molecule has 0 aliphatic carbocycles. The fourth-order valence-electron chi connectivity index (χ4n) is 0.642. The van der Waals surface area contributed by atoms with Gasteiger partial charge in [-0.1, -0.05) is 0 Å². The number of aliphatic imine (C=N–C) groups is 1. The third-order valence-electron chi connectivity index (χ3n) is 1.06. The lowest BCUT2D eigenvalue weighted by molar-refractivity contribution is 0.227. The van der Waals surface area contributed by atoms with E-state index in [0.29, 0.717) is 12.5 Å². The van der Waals surface area contributed by atoms with Gasteiger partial charge in [0.05, 0.1) is 6.61 Å². The van der Waals surface area contributed by atoms with E-state index >= 15 is 0 Å². The Morgan fingerprint density at radius 1 is 2.00 bits per heavy atom. The Hall–Kier alpha value is -0.570. The predicted molar refractivity (Wildman–Crippen MR) is 29.9 cm³/mol. The van der Waals surface area contributed by atoms with Gasteiger partial charge < -0.3 is 9.84 Å². The molecule has 0 fully saturated rings. The van der Waals surface area contributed by atoms with Crippen molar-refractivity contribution in [1.82, 2.24) is 0 Å². The highest BCUT2D eigenvalue weighted by Gasteiger charge is 2.13. The van der Waals surface area contributed by atoms with E-state index < -0.39 is 0 Å². The van der Waals surface area contributed by atoms with Gasteiger partial charge in [0, 0.05) is 6.92 Å². The average molecular weight is 115 g/mol. The van der Waals surface area contributed by atoms with Crippen LogP contribution in [0.15, 0.2) is 4.99 Å². The molecule has 1 atom stereocenters. The van der Waals surface area contributed by atoms with Crippen LogP contribution in [0.1, 0.15) is 6.92 Å². The van der Waals surface area contributed by atoms with Crippen molar-refractivity contribution < 1.29 is 9.84 Å². The first-order valence-corrected chi connectivity index (χ1v) is 2.61. The van der Waals surface area contributed by atoms with Crippen molar-refractivity contribution in [2.75, 3.05) is 13.2 Å². The molecule has 1 aliphatic heterocycles. The van der Waals surface area contributed by atoms with Crippen LogP contribution in [-0.4, -0.2) is 30.3 Å². The number of rotatable bonds is 1. The number of ether oxygens (including phenoxy) is 1. The first-order valence-electron chi connectivity index (χ1n) is 2.61. The lowest BCUT2D eigenvalue weighted by Crippen LogP contribution is -2.10. The van der Waals surface area contributed by atoms with Crippen LogP contribution >= 0.6 is 0 Å². The number of aliphatic hydroxyl groups excluding tert-OH is 1. The molecule has 0 aromatic rings. The van der Waals surface area contributed by atoms with E-state index in [1.54, 1.807) is 6.92 Å². The predicted octanol–water partition coefficient (Wildman–Crippen LogP) is -0.204. The molecular formula is C5H9NO2. The number of hydrogen-bond acceptors (Lipinski definition) is 3. The van der Waals surface area contributed by atoms with E-state index in [0.717, 1.165) is 0 Å². The zero-order valence-corrected chi connectivity index (χ0v) is 4.79. The average Bonchev–Trinajstić information content (AvgIpc) is 2.14. The Morgan fingerprint density at radius 3 is 3.00 bits per heavy atom. The van der Waals surface area contributed by atoms with Gasteiger partial charge in [-0.3, -0.25) is 0 Å². The van der Waals surface area contributed by atoms with Crippen LogP contribution in [0, 0.1) is 0 Å². The van der Waals surface area contributed by atoms with Crippen molar-refractivity contribution in [3.63, 3.8) is 0 Å². The fourth-order valence-corrected chi connectivity index (χ4v) is 0.642. The minimum Gasteiger partial charge on any atom is -0.479 e. The SMILES string of the molecule is CC1=NC(CO)CO1. The highest BCUT2D eigenvalue weighted by Crippen LogP contribution is 2.01. The maximum atomic E-state index is 8.50. The molecule has 0 amide bonds. The largest absolute Gasteiger partial charge is 0.479 e. The normalized spacial score (nSPS) is 27.2. The van der Waals surface area contributed by atoms with E-state index in [4.69, 9.17) is 9.84 Å². The van der Waals surface area contributed by atoms with Gasteiger partial charge in [0.1, 0.15) is 12.6 Å². The molecule has 0 bridgehead atoms. The molecule has 0 saturated heterocycles.